The van der Waals surface area contributed by atoms with Crippen molar-refractivity contribution >= 4 is 9.84 Å². The summed E-state index contributed by atoms with van der Waals surface area (Å²) >= 11 is 0. The average Bonchev–Trinajstić information content (AvgIpc) is 2.84. The Kier molecular flexibility index (Phi) is 3.37. The molecule has 1 aromatic carbocycles. The average molecular weight is 282 g/mol. The zero-order valence-corrected chi connectivity index (χ0v) is 11.6. The lowest BCUT2D eigenvalue weighted by molar-refractivity contribution is -0.227. The SMILES string of the molecule is O=S(=O)(c1ccccc1)[C@H]1CCO[C@@]12CCCCO2. The van der Waals surface area contributed by atoms with Crippen LogP contribution in [-0.2, 0) is 19.3 Å². The van der Waals surface area contributed by atoms with Crippen LogP contribution in [-0.4, -0.2) is 32.7 Å². The lowest BCUT2D eigenvalue weighted by atomic mass is 10.0. The third kappa shape index (κ3) is 2.20. The van der Waals surface area contributed by atoms with Gasteiger partial charge in [-0.2, -0.15) is 0 Å². The molecule has 0 radical (unpaired) electrons. The summed E-state index contributed by atoms with van der Waals surface area (Å²) in [6, 6.07) is 8.60. The highest BCUT2D eigenvalue weighted by Crippen LogP contribution is 2.41. The molecule has 0 amide bonds. The maximum Gasteiger partial charge on any atom is 0.186 e. The van der Waals surface area contributed by atoms with Crippen LogP contribution in [0.1, 0.15) is 25.7 Å². The molecule has 2 aliphatic rings. The van der Waals surface area contributed by atoms with Crippen molar-refractivity contribution in [3.8, 4) is 0 Å². The molecule has 0 bridgehead atoms. The van der Waals surface area contributed by atoms with E-state index >= 15 is 0 Å². The van der Waals surface area contributed by atoms with Crippen LogP contribution in [0.5, 0.6) is 0 Å². The molecule has 19 heavy (non-hydrogen) atoms. The van der Waals surface area contributed by atoms with Crippen LogP contribution in [0.2, 0.25) is 0 Å². The van der Waals surface area contributed by atoms with Gasteiger partial charge >= 0.3 is 0 Å². The summed E-state index contributed by atoms with van der Waals surface area (Å²) in [6.45, 7) is 1.04. The molecule has 4 nitrogen and oxygen atoms in total. The number of rotatable bonds is 2. The van der Waals surface area contributed by atoms with Gasteiger partial charge in [-0.05, 0) is 31.4 Å². The predicted molar refractivity (Wildman–Crippen MR) is 70.5 cm³/mol. The van der Waals surface area contributed by atoms with E-state index in [0.717, 1.165) is 12.8 Å². The highest BCUT2D eigenvalue weighted by atomic mass is 32.2. The number of hydrogen-bond acceptors (Lipinski definition) is 4. The summed E-state index contributed by atoms with van der Waals surface area (Å²) in [7, 11) is -3.40. The quantitative estimate of drug-likeness (QED) is 0.834. The second-order valence-electron chi connectivity index (χ2n) is 5.10. The molecule has 2 heterocycles. The van der Waals surface area contributed by atoms with Gasteiger partial charge in [0.05, 0.1) is 18.1 Å². The van der Waals surface area contributed by atoms with E-state index in [4.69, 9.17) is 9.47 Å². The second-order valence-corrected chi connectivity index (χ2v) is 7.23. The third-order valence-electron chi connectivity index (χ3n) is 3.93. The fourth-order valence-electron chi connectivity index (χ4n) is 2.98. The summed E-state index contributed by atoms with van der Waals surface area (Å²) in [5, 5.41) is -0.581. The van der Waals surface area contributed by atoms with Crippen molar-refractivity contribution in [3.63, 3.8) is 0 Å². The molecule has 2 atom stereocenters. The summed E-state index contributed by atoms with van der Waals surface area (Å²) in [4.78, 5) is 0.360. The number of sulfone groups is 1. The minimum absolute atomic E-state index is 0.360. The zero-order valence-electron chi connectivity index (χ0n) is 10.7. The summed E-state index contributed by atoms with van der Waals surface area (Å²) < 4.78 is 36.9. The number of hydrogen-bond donors (Lipinski definition) is 0. The van der Waals surface area contributed by atoms with E-state index in [-0.39, 0.29) is 0 Å². The first-order valence-corrected chi connectivity index (χ1v) is 8.27. The van der Waals surface area contributed by atoms with Crippen molar-refractivity contribution in [1.82, 2.24) is 0 Å². The maximum atomic E-state index is 12.7. The van der Waals surface area contributed by atoms with Crippen LogP contribution in [0, 0.1) is 0 Å². The van der Waals surface area contributed by atoms with Gasteiger partial charge in [0.1, 0.15) is 5.25 Å². The Morgan fingerprint density at radius 1 is 1.05 bits per heavy atom. The fraction of sp³-hybridized carbons (Fsp3) is 0.571. The molecule has 0 unspecified atom stereocenters. The number of benzene rings is 1. The minimum Gasteiger partial charge on any atom is -0.349 e. The van der Waals surface area contributed by atoms with Gasteiger partial charge in [-0.25, -0.2) is 8.42 Å². The molecule has 2 aliphatic heterocycles. The van der Waals surface area contributed by atoms with Gasteiger partial charge < -0.3 is 9.47 Å². The summed E-state index contributed by atoms with van der Waals surface area (Å²) in [6.07, 6.45) is 3.12. The Morgan fingerprint density at radius 2 is 1.79 bits per heavy atom. The van der Waals surface area contributed by atoms with Gasteiger partial charge in [-0.1, -0.05) is 18.2 Å². The molecule has 1 aromatic rings. The summed E-state index contributed by atoms with van der Waals surface area (Å²) in [5.74, 6) is -0.910. The molecule has 0 aromatic heterocycles. The molecule has 2 fully saturated rings. The first-order valence-electron chi connectivity index (χ1n) is 6.72. The Hall–Kier alpha value is -0.910. The fourth-order valence-corrected chi connectivity index (χ4v) is 4.97. The van der Waals surface area contributed by atoms with E-state index in [1.807, 2.05) is 6.07 Å². The second kappa shape index (κ2) is 4.89. The van der Waals surface area contributed by atoms with E-state index < -0.39 is 20.9 Å². The van der Waals surface area contributed by atoms with E-state index in [0.29, 0.717) is 31.0 Å². The highest BCUT2D eigenvalue weighted by Gasteiger charge is 2.53. The lowest BCUT2D eigenvalue weighted by Gasteiger charge is -2.37. The van der Waals surface area contributed by atoms with E-state index in [2.05, 4.69) is 0 Å². The monoisotopic (exact) mass is 282 g/mol. The first kappa shape index (κ1) is 13.1. The summed E-state index contributed by atoms with van der Waals surface area (Å²) in [5.41, 5.74) is 0. The molecular formula is C14H18O4S. The molecule has 0 N–H and O–H groups in total. The normalized spacial score (nSPS) is 31.7. The van der Waals surface area contributed by atoms with E-state index in [1.165, 1.54) is 0 Å². The van der Waals surface area contributed by atoms with Crippen molar-refractivity contribution in [2.24, 2.45) is 0 Å². The largest absolute Gasteiger partial charge is 0.349 e. The molecule has 2 saturated heterocycles. The van der Waals surface area contributed by atoms with Gasteiger partial charge in [0, 0.05) is 6.42 Å². The first-order chi connectivity index (χ1) is 9.15. The Balaban J connectivity index is 1.96. The third-order valence-corrected chi connectivity index (χ3v) is 6.20. The van der Waals surface area contributed by atoms with E-state index in [9.17, 15) is 8.42 Å². The molecule has 104 valence electrons. The van der Waals surface area contributed by atoms with Gasteiger partial charge in [-0.15, -0.1) is 0 Å². The predicted octanol–water partition coefficient (Wildman–Crippen LogP) is 2.15. The molecule has 3 rings (SSSR count). The smallest absolute Gasteiger partial charge is 0.186 e. The van der Waals surface area contributed by atoms with Crippen LogP contribution in [0.4, 0.5) is 0 Å². The Morgan fingerprint density at radius 3 is 2.47 bits per heavy atom. The van der Waals surface area contributed by atoms with Gasteiger partial charge in [0.2, 0.25) is 0 Å². The van der Waals surface area contributed by atoms with Crippen molar-refractivity contribution in [2.75, 3.05) is 13.2 Å². The van der Waals surface area contributed by atoms with Crippen LogP contribution in [0.25, 0.3) is 0 Å². The number of ether oxygens (including phenoxy) is 2. The Bertz CT molecular complexity index is 532. The molecule has 1 spiro atoms. The van der Waals surface area contributed by atoms with Gasteiger partial charge in [0.15, 0.2) is 15.6 Å². The standard InChI is InChI=1S/C14H18O4S/c15-19(16,12-6-2-1-3-7-12)13-8-11-18-14(13)9-4-5-10-17-14/h1-3,6-7,13H,4-5,8-11H2/t13-,14-/m0/s1. The molecule has 5 heteroatoms. The van der Waals surface area contributed by atoms with Gasteiger partial charge in [0.25, 0.3) is 0 Å². The van der Waals surface area contributed by atoms with Crippen LogP contribution < -0.4 is 0 Å². The molecule has 0 saturated carbocycles. The van der Waals surface area contributed by atoms with Crippen LogP contribution >= 0.6 is 0 Å². The van der Waals surface area contributed by atoms with Crippen molar-refractivity contribution in [3.05, 3.63) is 30.3 Å². The minimum atomic E-state index is -3.40. The topological polar surface area (TPSA) is 52.6 Å². The van der Waals surface area contributed by atoms with Crippen molar-refractivity contribution in [1.29, 1.82) is 0 Å². The lowest BCUT2D eigenvalue weighted by Crippen LogP contribution is -2.48. The molecule has 0 aliphatic carbocycles. The Labute approximate surface area is 113 Å². The zero-order chi connectivity index (χ0) is 13.3. The van der Waals surface area contributed by atoms with E-state index in [1.54, 1.807) is 24.3 Å². The highest BCUT2D eigenvalue weighted by molar-refractivity contribution is 7.92. The van der Waals surface area contributed by atoms with Crippen LogP contribution in [0.15, 0.2) is 35.2 Å². The van der Waals surface area contributed by atoms with Crippen LogP contribution in [0.3, 0.4) is 0 Å². The van der Waals surface area contributed by atoms with Crippen molar-refractivity contribution in [2.45, 2.75) is 41.6 Å². The van der Waals surface area contributed by atoms with Gasteiger partial charge in [-0.3, -0.25) is 0 Å². The van der Waals surface area contributed by atoms with Crippen molar-refractivity contribution < 1.29 is 17.9 Å². The maximum absolute atomic E-state index is 12.7. The molecular weight excluding hydrogens is 264 g/mol.